The number of rotatable bonds is 6. The number of aliphatic hydroxyl groups excluding tert-OH is 1. The summed E-state index contributed by atoms with van der Waals surface area (Å²) in [6.07, 6.45) is 0. The molecule has 0 aliphatic carbocycles. The Morgan fingerprint density at radius 3 is 2.71 bits per heavy atom. The molecule has 1 unspecified atom stereocenters. The van der Waals surface area contributed by atoms with E-state index in [-0.39, 0.29) is 18.2 Å². The van der Waals surface area contributed by atoms with E-state index in [0.717, 1.165) is 11.3 Å². The highest BCUT2D eigenvalue weighted by atomic mass is 16.5. The van der Waals surface area contributed by atoms with Crippen molar-refractivity contribution in [2.75, 3.05) is 25.6 Å². The second-order valence-corrected chi connectivity index (χ2v) is 3.81. The average molecular weight is 239 g/mol. The zero-order valence-electron chi connectivity index (χ0n) is 9.93. The zero-order valence-corrected chi connectivity index (χ0v) is 9.93. The molecule has 0 spiro atoms. The molecule has 0 heterocycles. The van der Waals surface area contributed by atoms with Crippen LogP contribution in [0.5, 0.6) is 0 Å². The lowest BCUT2D eigenvalue weighted by atomic mass is 10.1. The smallest absolute Gasteiger partial charge is 0.335 e. The molecule has 94 valence electrons. The number of aromatic carboxylic acids is 1. The molecule has 0 radical (unpaired) electrons. The molecule has 0 aromatic heterocycles. The summed E-state index contributed by atoms with van der Waals surface area (Å²) in [6.45, 7) is 2.15. The summed E-state index contributed by atoms with van der Waals surface area (Å²) < 4.78 is 4.95. The van der Waals surface area contributed by atoms with Gasteiger partial charge in [-0.05, 0) is 30.7 Å². The normalized spacial score (nSPS) is 12.2. The number of ether oxygens (including phenoxy) is 1. The molecule has 1 atom stereocenters. The first-order valence-electron chi connectivity index (χ1n) is 5.28. The molecule has 0 amide bonds. The van der Waals surface area contributed by atoms with Crippen LogP contribution in [-0.2, 0) is 4.74 Å². The van der Waals surface area contributed by atoms with E-state index in [0.29, 0.717) is 6.61 Å². The molecule has 1 rings (SSSR count). The third-order valence-corrected chi connectivity index (χ3v) is 2.42. The van der Waals surface area contributed by atoms with E-state index in [2.05, 4.69) is 5.32 Å². The second kappa shape index (κ2) is 6.22. The molecule has 0 aliphatic heterocycles. The molecule has 0 bridgehead atoms. The van der Waals surface area contributed by atoms with E-state index in [9.17, 15) is 4.79 Å². The van der Waals surface area contributed by atoms with Gasteiger partial charge < -0.3 is 20.3 Å². The van der Waals surface area contributed by atoms with Crippen molar-refractivity contribution >= 4 is 11.7 Å². The summed E-state index contributed by atoms with van der Waals surface area (Å²) >= 11 is 0. The van der Waals surface area contributed by atoms with Crippen molar-refractivity contribution in [3.05, 3.63) is 29.3 Å². The van der Waals surface area contributed by atoms with Crippen LogP contribution in [0.25, 0.3) is 0 Å². The van der Waals surface area contributed by atoms with Crippen LogP contribution in [0.2, 0.25) is 0 Å². The Morgan fingerprint density at radius 2 is 2.24 bits per heavy atom. The zero-order chi connectivity index (χ0) is 12.8. The molecule has 1 aromatic rings. The largest absolute Gasteiger partial charge is 0.478 e. The van der Waals surface area contributed by atoms with Gasteiger partial charge in [0, 0.05) is 12.8 Å². The van der Waals surface area contributed by atoms with E-state index >= 15 is 0 Å². The van der Waals surface area contributed by atoms with Crippen LogP contribution >= 0.6 is 0 Å². The molecule has 3 N–H and O–H groups in total. The molecule has 5 nitrogen and oxygen atoms in total. The molecule has 17 heavy (non-hydrogen) atoms. The predicted octanol–water partition coefficient (Wildman–Crippen LogP) is 1.11. The summed E-state index contributed by atoms with van der Waals surface area (Å²) in [7, 11) is 1.56. The standard InChI is InChI=1S/C12H17NO4/c1-8-5-9(12(15)16)3-4-11(8)13-10(6-14)7-17-2/h3-5,10,13-14H,6-7H2,1-2H3,(H,15,16). The van der Waals surface area contributed by atoms with Gasteiger partial charge in [0.25, 0.3) is 0 Å². The monoisotopic (exact) mass is 239 g/mol. The quantitative estimate of drug-likeness (QED) is 0.693. The van der Waals surface area contributed by atoms with Gasteiger partial charge in [-0.3, -0.25) is 0 Å². The first kappa shape index (κ1) is 13.5. The highest BCUT2D eigenvalue weighted by Gasteiger charge is 2.10. The lowest BCUT2D eigenvalue weighted by Crippen LogP contribution is -2.29. The van der Waals surface area contributed by atoms with E-state index in [1.807, 2.05) is 6.92 Å². The van der Waals surface area contributed by atoms with Crippen LogP contribution in [-0.4, -0.2) is 42.5 Å². The number of aryl methyl sites for hydroxylation is 1. The van der Waals surface area contributed by atoms with Gasteiger partial charge >= 0.3 is 5.97 Å². The van der Waals surface area contributed by atoms with Crippen LogP contribution in [0.3, 0.4) is 0 Å². The number of carboxylic acids is 1. The van der Waals surface area contributed by atoms with Crippen molar-refractivity contribution < 1.29 is 19.7 Å². The third kappa shape index (κ3) is 3.72. The highest BCUT2D eigenvalue weighted by Crippen LogP contribution is 2.17. The van der Waals surface area contributed by atoms with Gasteiger partial charge in [0.1, 0.15) is 0 Å². The Labute approximate surface area is 100 Å². The Kier molecular flexibility index (Phi) is 4.93. The van der Waals surface area contributed by atoms with E-state index < -0.39 is 5.97 Å². The van der Waals surface area contributed by atoms with Crippen LogP contribution < -0.4 is 5.32 Å². The van der Waals surface area contributed by atoms with Crippen molar-refractivity contribution in [1.82, 2.24) is 0 Å². The number of carbonyl (C=O) groups is 1. The van der Waals surface area contributed by atoms with Gasteiger partial charge in [0.15, 0.2) is 0 Å². The van der Waals surface area contributed by atoms with Crippen molar-refractivity contribution in [2.24, 2.45) is 0 Å². The first-order chi connectivity index (χ1) is 8.08. The Morgan fingerprint density at radius 1 is 1.53 bits per heavy atom. The Hall–Kier alpha value is -1.59. The molecule has 0 aliphatic rings. The summed E-state index contributed by atoms with van der Waals surface area (Å²) in [5.74, 6) is -0.949. The van der Waals surface area contributed by atoms with Crippen molar-refractivity contribution in [1.29, 1.82) is 0 Å². The highest BCUT2D eigenvalue weighted by molar-refractivity contribution is 5.88. The average Bonchev–Trinajstić information content (AvgIpc) is 2.30. The fourth-order valence-corrected chi connectivity index (χ4v) is 1.52. The second-order valence-electron chi connectivity index (χ2n) is 3.81. The number of methoxy groups -OCH3 is 1. The third-order valence-electron chi connectivity index (χ3n) is 2.42. The lowest BCUT2D eigenvalue weighted by Gasteiger charge is -2.18. The van der Waals surface area contributed by atoms with Gasteiger partial charge in [0.2, 0.25) is 0 Å². The fourth-order valence-electron chi connectivity index (χ4n) is 1.52. The number of aliphatic hydroxyl groups is 1. The van der Waals surface area contributed by atoms with Crippen LogP contribution in [0.4, 0.5) is 5.69 Å². The van der Waals surface area contributed by atoms with Gasteiger partial charge in [-0.15, -0.1) is 0 Å². The number of hydrogen-bond acceptors (Lipinski definition) is 4. The minimum Gasteiger partial charge on any atom is -0.478 e. The minimum atomic E-state index is -0.949. The first-order valence-corrected chi connectivity index (χ1v) is 5.28. The molecule has 1 aromatic carbocycles. The molecule has 0 fully saturated rings. The van der Waals surface area contributed by atoms with Crippen molar-refractivity contribution in [2.45, 2.75) is 13.0 Å². The SMILES string of the molecule is COCC(CO)Nc1ccc(C(=O)O)cc1C. The number of anilines is 1. The molecular weight excluding hydrogens is 222 g/mol. The lowest BCUT2D eigenvalue weighted by molar-refractivity contribution is 0.0697. The maximum absolute atomic E-state index is 10.8. The molecular formula is C12H17NO4. The number of nitrogens with one attached hydrogen (secondary N) is 1. The molecule has 0 saturated carbocycles. The maximum atomic E-state index is 10.8. The summed E-state index contributed by atoms with van der Waals surface area (Å²) in [6, 6.07) is 4.61. The Bertz CT molecular complexity index is 392. The van der Waals surface area contributed by atoms with Crippen LogP contribution in [0.15, 0.2) is 18.2 Å². The predicted molar refractivity (Wildman–Crippen MR) is 64.5 cm³/mol. The Balaban J connectivity index is 2.81. The number of carboxylic acid groups (broad SMARTS) is 1. The number of hydrogen-bond donors (Lipinski definition) is 3. The summed E-state index contributed by atoms with van der Waals surface area (Å²) in [4.78, 5) is 10.8. The van der Waals surface area contributed by atoms with Crippen LogP contribution in [0, 0.1) is 6.92 Å². The van der Waals surface area contributed by atoms with Gasteiger partial charge in [-0.25, -0.2) is 4.79 Å². The molecule has 0 saturated heterocycles. The van der Waals surface area contributed by atoms with Gasteiger partial charge in [0.05, 0.1) is 24.8 Å². The fraction of sp³-hybridized carbons (Fsp3) is 0.417. The summed E-state index contributed by atoms with van der Waals surface area (Å²) in [5.41, 5.74) is 1.87. The van der Waals surface area contributed by atoms with Crippen molar-refractivity contribution in [3.8, 4) is 0 Å². The van der Waals surface area contributed by atoms with Gasteiger partial charge in [-0.2, -0.15) is 0 Å². The van der Waals surface area contributed by atoms with E-state index in [1.165, 1.54) is 6.07 Å². The molecule has 5 heteroatoms. The topological polar surface area (TPSA) is 78.8 Å². The minimum absolute atomic E-state index is 0.0477. The van der Waals surface area contributed by atoms with Crippen LogP contribution in [0.1, 0.15) is 15.9 Å². The maximum Gasteiger partial charge on any atom is 0.335 e. The van der Waals surface area contributed by atoms with Crippen molar-refractivity contribution in [3.63, 3.8) is 0 Å². The van der Waals surface area contributed by atoms with Gasteiger partial charge in [-0.1, -0.05) is 0 Å². The number of benzene rings is 1. The van der Waals surface area contributed by atoms with E-state index in [1.54, 1.807) is 19.2 Å². The van der Waals surface area contributed by atoms with E-state index in [4.69, 9.17) is 14.9 Å². The summed E-state index contributed by atoms with van der Waals surface area (Å²) in [5, 5.41) is 21.0.